The summed E-state index contributed by atoms with van der Waals surface area (Å²) in [6.07, 6.45) is 0.627. The highest BCUT2D eigenvalue weighted by molar-refractivity contribution is 4.76. The minimum atomic E-state index is -0.224. The van der Waals surface area contributed by atoms with Gasteiger partial charge in [-0.3, -0.25) is 4.90 Å². The molecular weight excluding hydrogens is 216 g/mol. The Morgan fingerprint density at radius 3 is 1.88 bits per heavy atom. The van der Waals surface area contributed by atoms with Crippen molar-refractivity contribution >= 4 is 0 Å². The number of rotatable bonds is 5. The van der Waals surface area contributed by atoms with Crippen LogP contribution in [0.4, 0.5) is 0 Å². The summed E-state index contributed by atoms with van der Waals surface area (Å²) in [5.74, 6) is 0. The Morgan fingerprint density at radius 2 is 1.47 bits per heavy atom. The fraction of sp³-hybridized carbons (Fsp3) is 1.00. The SMILES string of the molecule is CC(C)(C)C(O)CCN1CCN(CCO)CC1. The topological polar surface area (TPSA) is 46.9 Å². The van der Waals surface area contributed by atoms with E-state index in [2.05, 4.69) is 30.6 Å². The van der Waals surface area contributed by atoms with Gasteiger partial charge < -0.3 is 15.1 Å². The molecule has 4 nitrogen and oxygen atoms in total. The van der Waals surface area contributed by atoms with Crippen LogP contribution in [0.1, 0.15) is 27.2 Å². The van der Waals surface area contributed by atoms with E-state index in [0.29, 0.717) is 0 Å². The summed E-state index contributed by atoms with van der Waals surface area (Å²) >= 11 is 0. The lowest BCUT2D eigenvalue weighted by atomic mass is 9.87. The van der Waals surface area contributed by atoms with E-state index >= 15 is 0 Å². The van der Waals surface area contributed by atoms with E-state index in [-0.39, 0.29) is 18.1 Å². The maximum Gasteiger partial charge on any atom is 0.0600 e. The molecule has 0 aromatic carbocycles. The average molecular weight is 244 g/mol. The second-order valence-electron chi connectivity index (χ2n) is 6.08. The summed E-state index contributed by atoms with van der Waals surface area (Å²) in [7, 11) is 0. The van der Waals surface area contributed by atoms with Gasteiger partial charge in [-0.05, 0) is 11.8 Å². The van der Waals surface area contributed by atoms with Crippen LogP contribution >= 0.6 is 0 Å². The fourth-order valence-corrected chi connectivity index (χ4v) is 2.12. The summed E-state index contributed by atoms with van der Waals surface area (Å²) in [6, 6.07) is 0. The lowest BCUT2D eigenvalue weighted by Crippen LogP contribution is -2.48. The predicted molar refractivity (Wildman–Crippen MR) is 70.0 cm³/mol. The summed E-state index contributed by atoms with van der Waals surface area (Å²) in [5.41, 5.74) is -0.0152. The van der Waals surface area contributed by atoms with Crippen LogP contribution in [0.5, 0.6) is 0 Å². The Hall–Kier alpha value is -0.160. The molecule has 1 unspecified atom stereocenters. The third kappa shape index (κ3) is 5.34. The molecule has 1 aliphatic rings. The van der Waals surface area contributed by atoms with Crippen LogP contribution in [0.2, 0.25) is 0 Å². The molecular formula is C13H28N2O2. The molecule has 1 heterocycles. The zero-order valence-electron chi connectivity index (χ0n) is 11.5. The zero-order chi connectivity index (χ0) is 12.9. The molecule has 0 spiro atoms. The van der Waals surface area contributed by atoms with Crippen molar-refractivity contribution in [3.63, 3.8) is 0 Å². The van der Waals surface area contributed by atoms with Crippen molar-refractivity contribution in [1.82, 2.24) is 9.80 Å². The Bertz CT molecular complexity index is 208. The third-order valence-electron chi connectivity index (χ3n) is 3.60. The van der Waals surface area contributed by atoms with Crippen LogP contribution < -0.4 is 0 Å². The summed E-state index contributed by atoms with van der Waals surface area (Å²) in [4.78, 5) is 4.69. The van der Waals surface area contributed by atoms with Crippen LogP contribution in [-0.2, 0) is 0 Å². The van der Waals surface area contributed by atoms with Gasteiger partial charge in [-0.2, -0.15) is 0 Å². The zero-order valence-corrected chi connectivity index (χ0v) is 11.5. The number of nitrogens with zero attached hydrogens (tertiary/aromatic N) is 2. The monoisotopic (exact) mass is 244 g/mol. The predicted octanol–water partition coefficient (Wildman–Crippen LogP) is 0.393. The van der Waals surface area contributed by atoms with Crippen LogP contribution in [0.3, 0.4) is 0 Å². The Labute approximate surface area is 105 Å². The van der Waals surface area contributed by atoms with Crippen LogP contribution in [0, 0.1) is 5.41 Å². The number of piperazine rings is 1. The maximum atomic E-state index is 9.98. The van der Waals surface area contributed by atoms with E-state index in [0.717, 1.165) is 45.7 Å². The van der Waals surface area contributed by atoms with Crippen LogP contribution in [0.25, 0.3) is 0 Å². The molecule has 1 atom stereocenters. The summed E-state index contributed by atoms with van der Waals surface area (Å²) < 4.78 is 0. The minimum Gasteiger partial charge on any atom is -0.395 e. The van der Waals surface area contributed by atoms with Gasteiger partial charge in [0.15, 0.2) is 0 Å². The van der Waals surface area contributed by atoms with Crippen molar-refractivity contribution in [2.45, 2.75) is 33.3 Å². The van der Waals surface area contributed by atoms with Gasteiger partial charge in [0.2, 0.25) is 0 Å². The van der Waals surface area contributed by atoms with E-state index in [1.165, 1.54) is 0 Å². The summed E-state index contributed by atoms with van der Waals surface area (Å²) in [5, 5.41) is 18.8. The smallest absolute Gasteiger partial charge is 0.0600 e. The van der Waals surface area contributed by atoms with Gasteiger partial charge in [0.1, 0.15) is 0 Å². The minimum absolute atomic E-state index is 0.0152. The second-order valence-corrected chi connectivity index (χ2v) is 6.08. The standard InChI is InChI=1S/C13H28N2O2/c1-13(2,3)12(17)4-5-14-6-8-15(9-7-14)10-11-16/h12,16-17H,4-11H2,1-3H3. The average Bonchev–Trinajstić information content (AvgIpc) is 2.27. The van der Waals surface area contributed by atoms with Crippen molar-refractivity contribution in [3.05, 3.63) is 0 Å². The summed E-state index contributed by atoms with van der Waals surface area (Å²) in [6.45, 7) is 12.4. The molecule has 102 valence electrons. The van der Waals surface area contributed by atoms with E-state index < -0.39 is 0 Å². The number of hydrogen-bond acceptors (Lipinski definition) is 4. The largest absolute Gasteiger partial charge is 0.395 e. The molecule has 4 heteroatoms. The highest BCUT2D eigenvalue weighted by atomic mass is 16.3. The lowest BCUT2D eigenvalue weighted by molar-refractivity contribution is 0.0373. The van der Waals surface area contributed by atoms with E-state index in [4.69, 9.17) is 5.11 Å². The van der Waals surface area contributed by atoms with Crippen molar-refractivity contribution < 1.29 is 10.2 Å². The van der Waals surface area contributed by atoms with E-state index in [1.807, 2.05) is 0 Å². The van der Waals surface area contributed by atoms with Crippen molar-refractivity contribution in [1.29, 1.82) is 0 Å². The molecule has 1 fully saturated rings. The molecule has 17 heavy (non-hydrogen) atoms. The molecule has 0 aromatic heterocycles. The first-order valence-corrected chi connectivity index (χ1v) is 6.67. The van der Waals surface area contributed by atoms with Crippen LogP contribution in [-0.4, -0.2) is 72.0 Å². The molecule has 0 aliphatic carbocycles. The molecule has 1 saturated heterocycles. The van der Waals surface area contributed by atoms with Crippen molar-refractivity contribution in [2.24, 2.45) is 5.41 Å². The van der Waals surface area contributed by atoms with Gasteiger partial charge in [0, 0.05) is 39.3 Å². The number of aliphatic hydroxyl groups excluding tert-OH is 2. The first-order valence-electron chi connectivity index (χ1n) is 6.67. The fourth-order valence-electron chi connectivity index (χ4n) is 2.12. The number of β-amino-alcohol motifs (C(OH)–C–C–N with tert-alkyl or cyclic N) is 1. The van der Waals surface area contributed by atoms with Gasteiger partial charge in [0.25, 0.3) is 0 Å². The molecule has 0 radical (unpaired) electrons. The number of aliphatic hydroxyl groups is 2. The lowest BCUT2D eigenvalue weighted by Gasteiger charge is -2.35. The molecule has 0 amide bonds. The number of hydrogen-bond donors (Lipinski definition) is 2. The first-order chi connectivity index (χ1) is 7.93. The normalized spacial score (nSPS) is 21.7. The molecule has 0 saturated carbocycles. The van der Waals surface area contributed by atoms with E-state index in [9.17, 15) is 5.11 Å². The Balaban J connectivity index is 2.18. The maximum absolute atomic E-state index is 9.98. The highest BCUT2D eigenvalue weighted by Crippen LogP contribution is 2.21. The van der Waals surface area contributed by atoms with Gasteiger partial charge >= 0.3 is 0 Å². The van der Waals surface area contributed by atoms with Gasteiger partial charge in [-0.25, -0.2) is 0 Å². The molecule has 1 aliphatic heterocycles. The third-order valence-corrected chi connectivity index (χ3v) is 3.60. The quantitative estimate of drug-likeness (QED) is 0.735. The first kappa shape index (κ1) is 14.9. The van der Waals surface area contributed by atoms with Gasteiger partial charge in [0.05, 0.1) is 12.7 Å². The van der Waals surface area contributed by atoms with Crippen molar-refractivity contribution in [3.8, 4) is 0 Å². The Kier molecular flexibility index (Phi) is 5.86. The second kappa shape index (κ2) is 6.69. The molecule has 1 rings (SSSR count). The van der Waals surface area contributed by atoms with Crippen LogP contribution in [0.15, 0.2) is 0 Å². The highest BCUT2D eigenvalue weighted by Gasteiger charge is 2.23. The van der Waals surface area contributed by atoms with Crippen molar-refractivity contribution in [2.75, 3.05) is 45.9 Å². The molecule has 0 bridgehead atoms. The molecule has 0 aromatic rings. The Morgan fingerprint density at radius 1 is 1.00 bits per heavy atom. The van der Waals surface area contributed by atoms with Gasteiger partial charge in [-0.1, -0.05) is 20.8 Å². The molecule has 2 N–H and O–H groups in total. The van der Waals surface area contributed by atoms with E-state index in [1.54, 1.807) is 0 Å². The van der Waals surface area contributed by atoms with Gasteiger partial charge in [-0.15, -0.1) is 0 Å².